The Labute approximate surface area is 459 Å². The molecule has 5 rings (SSSR count). The number of benzene rings is 5. The first-order valence-corrected chi connectivity index (χ1v) is 26.6. The summed E-state index contributed by atoms with van der Waals surface area (Å²) in [4.78, 5) is 0. The molecule has 1 heteroatoms. The van der Waals surface area contributed by atoms with Crippen LogP contribution in [0, 0.1) is 19.3 Å². The van der Waals surface area contributed by atoms with E-state index < -0.39 is 0 Å². The van der Waals surface area contributed by atoms with Crippen molar-refractivity contribution < 1.29 is 0 Å². The van der Waals surface area contributed by atoms with Crippen LogP contribution in [0.15, 0.2) is 262 Å². The Kier molecular flexibility index (Phi) is 43.5. The van der Waals surface area contributed by atoms with Gasteiger partial charge < -0.3 is 5.41 Å². The van der Waals surface area contributed by atoms with E-state index in [2.05, 4.69) is 205 Å². The zero-order valence-corrected chi connectivity index (χ0v) is 48.6. The lowest BCUT2D eigenvalue weighted by Gasteiger charge is -2.11. The average molecular weight is 997 g/mol. The maximum absolute atomic E-state index is 6.98. The molecule has 1 N–H and O–H groups in total. The van der Waals surface area contributed by atoms with Gasteiger partial charge in [-0.3, -0.25) is 0 Å². The van der Waals surface area contributed by atoms with Crippen molar-refractivity contribution in [2.75, 3.05) is 0 Å². The van der Waals surface area contributed by atoms with Gasteiger partial charge in [-0.2, -0.15) is 0 Å². The van der Waals surface area contributed by atoms with Crippen molar-refractivity contribution in [3.05, 3.63) is 307 Å². The summed E-state index contributed by atoms with van der Waals surface area (Å²) in [7, 11) is 0. The molecule has 5 aromatic rings. The first-order chi connectivity index (χ1) is 36.4. The first kappa shape index (κ1) is 69.2. The van der Waals surface area contributed by atoms with Crippen LogP contribution in [-0.2, 0) is 6.42 Å². The van der Waals surface area contributed by atoms with Crippen LogP contribution in [0.25, 0.3) is 40.5 Å². The molecule has 0 atom stereocenters. The normalized spacial score (nSPS) is 11.3. The van der Waals surface area contributed by atoms with E-state index >= 15 is 0 Å². The Morgan fingerprint density at radius 1 is 0.507 bits per heavy atom. The summed E-state index contributed by atoms with van der Waals surface area (Å²) >= 11 is 0. The number of hydrogen-bond donors (Lipinski definition) is 1. The lowest BCUT2D eigenvalue weighted by molar-refractivity contribution is 1.28. The zero-order chi connectivity index (χ0) is 56.5. The summed E-state index contributed by atoms with van der Waals surface area (Å²) in [5.74, 6) is 0. The first-order valence-electron chi connectivity index (χ1n) is 26.6. The van der Waals surface area contributed by atoms with Gasteiger partial charge in [0.1, 0.15) is 0 Å². The van der Waals surface area contributed by atoms with Gasteiger partial charge in [-0.05, 0) is 141 Å². The van der Waals surface area contributed by atoms with E-state index in [-0.39, 0.29) is 0 Å². The standard InChI is InChI=1S/C38H38.C15H18.C8H11N.C7H8.3C2H6/c1-5-8-11-16-31(4)38-28-27-36(30-37(38)21-13-10-7-3)35-22-15-20-34(29-35)19-14-18-33-25-23-32(24-26-33)17-12-9-6-2;1-5-12(2)10-11-14(4)15-9-7-6-8-13(15)3;1-3-4-5-6-7-8(2)9;1-7-5-3-2-4-6-7;3*1-2/h5-17,19-30H,1,18H2,2-4H3;5-11H,4H2,1-3H3;3-7,9H,1H2,2H3;2-6H,1H3;3*1-2H3/b9-6-,10-7-,11-8-,17-12-,19-14+,21-13-,31-16+;11-10-,12-5-;5-4-,7-6?,9-8?;;;;. The second kappa shape index (κ2) is 47.2. The van der Waals surface area contributed by atoms with Crippen LogP contribution in [-0.4, -0.2) is 5.71 Å². The van der Waals surface area contributed by atoms with E-state index in [0.29, 0.717) is 5.71 Å². The van der Waals surface area contributed by atoms with Crippen LogP contribution in [0.3, 0.4) is 0 Å². The van der Waals surface area contributed by atoms with Gasteiger partial charge in [0.2, 0.25) is 0 Å². The molecule has 0 saturated heterocycles. The Bertz CT molecular complexity index is 2690. The fraction of sp³-hybridized carbons (Fsp3) is 0.203. The maximum atomic E-state index is 6.98. The van der Waals surface area contributed by atoms with E-state index in [1.165, 1.54) is 66.8 Å². The van der Waals surface area contributed by atoms with Crippen molar-refractivity contribution in [1.82, 2.24) is 0 Å². The summed E-state index contributed by atoms with van der Waals surface area (Å²) in [6.45, 7) is 39.6. The second-order valence-corrected chi connectivity index (χ2v) is 16.0. The third-order valence-corrected chi connectivity index (χ3v) is 10.2. The molecule has 0 bridgehead atoms. The predicted octanol–water partition coefficient (Wildman–Crippen LogP) is 22.9. The molecule has 0 aromatic heterocycles. The van der Waals surface area contributed by atoms with Gasteiger partial charge in [-0.25, -0.2) is 0 Å². The quantitative estimate of drug-likeness (QED) is 0.0709. The van der Waals surface area contributed by atoms with E-state index in [0.717, 1.165) is 12.0 Å². The minimum atomic E-state index is 0.559. The van der Waals surface area contributed by atoms with E-state index in [9.17, 15) is 0 Å². The van der Waals surface area contributed by atoms with Gasteiger partial charge in [0.25, 0.3) is 0 Å². The minimum absolute atomic E-state index is 0.559. The second-order valence-electron chi connectivity index (χ2n) is 16.0. The number of hydrogen-bond acceptors (Lipinski definition) is 1. The van der Waals surface area contributed by atoms with Crippen molar-refractivity contribution >= 4 is 35.1 Å². The molecule has 0 heterocycles. The van der Waals surface area contributed by atoms with Crippen LogP contribution >= 0.6 is 0 Å². The molecule has 0 fully saturated rings. The fourth-order valence-electron chi connectivity index (χ4n) is 6.30. The third kappa shape index (κ3) is 33.5. The van der Waals surface area contributed by atoms with Crippen LogP contribution in [0.1, 0.15) is 128 Å². The number of aryl methyl sites for hydroxylation is 2. The van der Waals surface area contributed by atoms with Crippen molar-refractivity contribution in [1.29, 1.82) is 5.41 Å². The third-order valence-electron chi connectivity index (χ3n) is 10.2. The van der Waals surface area contributed by atoms with Crippen LogP contribution in [0.4, 0.5) is 0 Å². The molecule has 0 amide bonds. The molecule has 1 nitrogen and oxygen atoms in total. The molecule has 0 saturated carbocycles. The molecule has 0 aliphatic rings. The Morgan fingerprint density at radius 2 is 1.11 bits per heavy atom. The molecule has 394 valence electrons. The van der Waals surface area contributed by atoms with Gasteiger partial charge in [-0.15, -0.1) is 0 Å². The Morgan fingerprint density at radius 3 is 1.68 bits per heavy atom. The average Bonchev–Trinajstić information content (AvgIpc) is 3.44. The summed E-state index contributed by atoms with van der Waals surface area (Å²) < 4.78 is 0. The lowest BCUT2D eigenvalue weighted by Crippen LogP contribution is -1.89. The largest absolute Gasteiger partial charge is 0.306 e. The smallest absolute Gasteiger partial charge is 0.0282 e. The van der Waals surface area contributed by atoms with Crippen molar-refractivity contribution in [3.63, 3.8) is 0 Å². The highest BCUT2D eigenvalue weighted by Gasteiger charge is 2.06. The monoisotopic (exact) mass is 996 g/mol. The summed E-state index contributed by atoms with van der Waals surface area (Å²) in [6.07, 6.45) is 45.0. The summed E-state index contributed by atoms with van der Waals surface area (Å²) in [6, 6.07) is 42.8. The predicted molar refractivity (Wildman–Crippen MR) is 348 cm³/mol. The van der Waals surface area contributed by atoms with Gasteiger partial charge >= 0.3 is 0 Å². The fourth-order valence-corrected chi connectivity index (χ4v) is 6.30. The topological polar surface area (TPSA) is 23.9 Å². The number of nitrogens with one attached hydrogen (secondary N) is 1. The minimum Gasteiger partial charge on any atom is -0.306 e. The summed E-state index contributed by atoms with van der Waals surface area (Å²) in [5, 5.41) is 6.98. The van der Waals surface area contributed by atoms with E-state index in [1.807, 2.05) is 141 Å². The molecule has 0 aliphatic carbocycles. The Hall–Kier alpha value is -7.87. The molecule has 0 radical (unpaired) electrons. The highest BCUT2D eigenvalue weighted by molar-refractivity contribution is 5.90. The van der Waals surface area contributed by atoms with E-state index in [1.54, 1.807) is 25.2 Å². The molecular weight excluding hydrogens is 903 g/mol. The number of allylic oxidation sites excluding steroid dienone is 22. The van der Waals surface area contributed by atoms with Crippen LogP contribution in [0.5, 0.6) is 0 Å². The zero-order valence-electron chi connectivity index (χ0n) is 48.6. The Balaban J connectivity index is 0. The highest BCUT2D eigenvalue weighted by Crippen LogP contribution is 2.29. The summed E-state index contributed by atoms with van der Waals surface area (Å²) in [5.41, 5.74) is 16.5. The lowest BCUT2D eigenvalue weighted by atomic mass is 9.94. The molecule has 5 aromatic carbocycles. The maximum Gasteiger partial charge on any atom is 0.0282 e. The van der Waals surface area contributed by atoms with Crippen molar-refractivity contribution in [2.45, 2.75) is 103 Å². The van der Waals surface area contributed by atoms with Crippen molar-refractivity contribution in [2.24, 2.45) is 0 Å². The van der Waals surface area contributed by atoms with Gasteiger partial charge in [0.15, 0.2) is 0 Å². The highest BCUT2D eigenvalue weighted by atomic mass is 14.4. The molecule has 0 spiro atoms. The van der Waals surface area contributed by atoms with Gasteiger partial charge in [-0.1, -0.05) is 309 Å². The van der Waals surface area contributed by atoms with E-state index in [4.69, 9.17) is 5.41 Å². The molecule has 0 unspecified atom stereocenters. The molecule has 0 aliphatic heterocycles. The van der Waals surface area contributed by atoms with Gasteiger partial charge in [0, 0.05) is 5.71 Å². The molecular formula is C74H93N. The SMILES string of the molecule is C=C(/C=C\C(C)=C/C)c1ccccc1C.C=C/C=C\C=C(/C)c1ccc(-c2cccc(/C=C/Cc3ccc(/C=C\C=C/C)cc3)c2)cc1/C=C\C=C/C.C=C/C=C\C=CC(C)=N.CC.CC.CC.Cc1ccccc1. The van der Waals surface area contributed by atoms with Gasteiger partial charge in [0.05, 0.1) is 0 Å². The van der Waals surface area contributed by atoms with Crippen LogP contribution in [0.2, 0.25) is 0 Å². The molecule has 75 heavy (non-hydrogen) atoms. The van der Waals surface area contributed by atoms with Crippen LogP contribution < -0.4 is 0 Å². The van der Waals surface area contributed by atoms with Crippen molar-refractivity contribution in [3.8, 4) is 11.1 Å². The number of rotatable bonds is 17.